The Hall–Kier alpha value is -0.590. The monoisotopic (exact) mass is 399 g/mol. The van der Waals surface area contributed by atoms with Gasteiger partial charge in [0, 0.05) is 49.4 Å². The zero-order chi connectivity index (χ0) is 16.3. The van der Waals surface area contributed by atoms with E-state index in [1.165, 1.54) is 6.07 Å². The lowest BCUT2D eigenvalue weighted by atomic mass is 10.0. The Balaban J connectivity index is 0.00000264. The van der Waals surface area contributed by atoms with Crippen LogP contribution in [0.3, 0.4) is 0 Å². The maximum absolute atomic E-state index is 13.8. The molecule has 1 heterocycles. The lowest BCUT2D eigenvalue weighted by Crippen LogP contribution is -2.51. The summed E-state index contributed by atoms with van der Waals surface area (Å²) in [6, 6.07) is 4.57. The number of nitrogens with zero attached hydrogens (tertiary/aromatic N) is 2. The number of benzene rings is 1. The van der Waals surface area contributed by atoms with Crippen molar-refractivity contribution in [2.45, 2.75) is 26.4 Å². The first-order valence-corrected chi connectivity index (χ1v) is 7.97. The van der Waals surface area contributed by atoms with Crippen molar-refractivity contribution in [1.29, 1.82) is 0 Å². The lowest BCUT2D eigenvalue weighted by Gasteiger charge is -2.36. The zero-order valence-corrected chi connectivity index (χ0v) is 16.3. The molecule has 1 aromatic rings. The molecule has 2 N–H and O–H groups in total. The number of piperazine rings is 1. The molecule has 1 aliphatic rings. The summed E-state index contributed by atoms with van der Waals surface area (Å²) in [7, 11) is 0. The average molecular weight is 401 g/mol. The van der Waals surface area contributed by atoms with Gasteiger partial charge in [0.1, 0.15) is 5.82 Å². The summed E-state index contributed by atoms with van der Waals surface area (Å²) in [4.78, 5) is 16.2. The minimum atomic E-state index is -0.281. The van der Waals surface area contributed by atoms with Gasteiger partial charge in [-0.05, 0) is 19.1 Å². The molecule has 0 spiro atoms. The minimum Gasteiger partial charge on any atom is -0.340 e. The van der Waals surface area contributed by atoms with E-state index in [0.717, 1.165) is 0 Å². The SMILES string of the molecule is CC(N)C(C)C(=O)N1CCN(Cc2c(F)cccc2Cl)CC1.Cl.Cl. The molecule has 8 heteroatoms. The van der Waals surface area contributed by atoms with Gasteiger partial charge in [-0.3, -0.25) is 9.69 Å². The highest BCUT2D eigenvalue weighted by Gasteiger charge is 2.27. The fourth-order valence-electron chi connectivity index (χ4n) is 2.55. The molecule has 4 nitrogen and oxygen atoms in total. The molecule has 24 heavy (non-hydrogen) atoms. The number of hydrogen-bond donors (Lipinski definition) is 1. The van der Waals surface area contributed by atoms with E-state index in [1.54, 1.807) is 12.1 Å². The second-order valence-electron chi connectivity index (χ2n) is 5.95. The van der Waals surface area contributed by atoms with Crippen molar-refractivity contribution in [3.05, 3.63) is 34.6 Å². The molecule has 2 atom stereocenters. The first kappa shape index (κ1) is 23.4. The Bertz CT molecular complexity index is 517. The molecular formula is C16H25Cl3FN3O. The van der Waals surface area contributed by atoms with Crippen LogP contribution in [0.2, 0.25) is 5.02 Å². The predicted octanol–water partition coefficient (Wildman–Crippen LogP) is 2.95. The van der Waals surface area contributed by atoms with Gasteiger partial charge in [0.05, 0.1) is 5.92 Å². The van der Waals surface area contributed by atoms with Crippen LogP contribution < -0.4 is 5.73 Å². The topological polar surface area (TPSA) is 49.6 Å². The van der Waals surface area contributed by atoms with E-state index >= 15 is 0 Å². The van der Waals surface area contributed by atoms with E-state index in [2.05, 4.69) is 4.90 Å². The summed E-state index contributed by atoms with van der Waals surface area (Å²) in [5.74, 6) is -0.359. The van der Waals surface area contributed by atoms with Gasteiger partial charge in [0.2, 0.25) is 5.91 Å². The summed E-state index contributed by atoms with van der Waals surface area (Å²) in [6.07, 6.45) is 0. The van der Waals surface area contributed by atoms with Crippen LogP contribution in [-0.4, -0.2) is 47.9 Å². The van der Waals surface area contributed by atoms with Gasteiger partial charge >= 0.3 is 0 Å². The molecule has 0 radical (unpaired) electrons. The number of halogens is 4. The number of nitrogens with two attached hydrogens (primary N) is 1. The van der Waals surface area contributed by atoms with Crippen LogP contribution in [-0.2, 0) is 11.3 Å². The Kier molecular flexibility index (Phi) is 10.2. The van der Waals surface area contributed by atoms with Gasteiger partial charge in [-0.2, -0.15) is 0 Å². The van der Waals surface area contributed by atoms with Crippen molar-refractivity contribution < 1.29 is 9.18 Å². The van der Waals surface area contributed by atoms with Gasteiger partial charge in [0.25, 0.3) is 0 Å². The van der Waals surface area contributed by atoms with Gasteiger partial charge in [-0.1, -0.05) is 24.6 Å². The van der Waals surface area contributed by atoms with Crippen molar-refractivity contribution in [2.75, 3.05) is 26.2 Å². The third kappa shape index (κ3) is 5.74. The van der Waals surface area contributed by atoms with E-state index < -0.39 is 0 Å². The Morgan fingerprint density at radius 2 is 1.83 bits per heavy atom. The number of hydrogen-bond acceptors (Lipinski definition) is 3. The van der Waals surface area contributed by atoms with Gasteiger partial charge in [-0.15, -0.1) is 24.8 Å². The first-order chi connectivity index (χ1) is 10.4. The third-order valence-electron chi connectivity index (χ3n) is 4.31. The summed E-state index contributed by atoms with van der Waals surface area (Å²) >= 11 is 6.06. The van der Waals surface area contributed by atoms with Gasteiger partial charge in [0.15, 0.2) is 0 Å². The van der Waals surface area contributed by atoms with E-state index in [1.807, 2.05) is 18.7 Å². The Morgan fingerprint density at radius 3 is 2.33 bits per heavy atom. The number of carbonyl (C=O) groups excluding carboxylic acids is 1. The number of carbonyl (C=O) groups is 1. The second-order valence-corrected chi connectivity index (χ2v) is 6.36. The summed E-state index contributed by atoms with van der Waals surface area (Å²) in [5.41, 5.74) is 6.31. The largest absolute Gasteiger partial charge is 0.340 e. The molecule has 0 aromatic heterocycles. The molecule has 2 rings (SSSR count). The molecule has 1 fully saturated rings. The van der Waals surface area contributed by atoms with Crippen LogP contribution in [0.1, 0.15) is 19.4 Å². The van der Waals surface area contributed by atoms with Crippen LogP contribution >= 0.6 is 36.4 Å². The highest BCUT2D eigenvalue weighted by Crippen LogP contribution is 2.21. The van der Waals surface area contributed by atoms with E-state index in [4.69, 9.17) is 17.3 Å². The molecule has 0 aliphatic carbocycles. The Labute approximate surface area is 160 Å². The standard InChI is InChI=1S/C16H23ClFN3O.2ClH/c1-11(12(2)19)16(22)21-8-6-20(7-9-21)10-13-14(17)4-3-5-15(13)18;;/h3-5,11-12H,6-10,19H2,1-2H3;2*1H. The second kappa shape index (κ2) is 10.4. The molecule has 138 valence electrons. The van der Waals surface area contributed by atoms with Crippen molar-refractivity contribution in [1.82, 2.24) is 9.80 Å². The van der Waals surface area contributed by atoms with E-state index in [9.17, 15) is 9.18 Å². The maximum Gasteiger partial charge on any atom is 0.227 e. The molecule has 1 aromatic carbocycles. The summed E-state index contributed by atoms with van der Waals surface area (Å²) in [5, 5.41) is 0.448. The zero-order valence-electron chi connectivity index (χ0n) is 13.9. The van der Waals surface area contributed by atoms with E-state index in [0.29, 0.717) is 43.3 Å². The highest BCUT2D eigenvalue weighted by atomic mass is 35.5. The molecule has 2 unspecified atom stereocenters. The molecule has 1 aliphatic heterocycles. The van der Waals surface area contributed by atoms with Gasteiger partial charge in [-0.25, -0.2) is 4.39 Å². The van der Waals surface area contributed by atoms with Crippen molar-refractivity contribution in [2.24, 2.45) is 11.7 Å². The molecular weight excluding hydrogens is 376 g/mol. The number of amides is 1. The van der Waals surface area contributed by atoms with Crippen LogP contribution in [0.5, 0.6) is 0 Å². The van der Waals surface area contributed by atoms with Crippen molar-refractivity contribution >= 4 is 42.3 Å². The quantitative estimate of drug-likeness (QED) is 0.845. The fraction of sp³-hybridized carbons (Fsp3) is 0.562. The average Bonchev–Trinajstić information content (AvgIpc) is 2.50. The van der Waals surface area contributed by atoms with Crippen molar-refractivity contribution in [3.8, 4) is 0 Å². The molecule has 0 saturated carbocycles. The maximum atomic E-state index is 13.8. The lowest BCUT2D eigenvalue weighted by molar-refractivity contribution is -0.137. The Morgan fingerprint density at radius 1 is 1.25 bits per heavy atom. The summed E-state index contributed by atoms with van der Waals surface area (Å²) in [6.45, 7) is 6.88. The predicted molar refractivity (Wildman–Crippen MR) is 101 cm³/mol. The van der Waals surface area contributed by atoms with Crippen LogP contribution in [0.15, 0.2) is 18.2 Å². The fourth-order valence-corrected chi connectivity index (χ4v) is 2.77. The molecule has 1 saturated heterocycles. The third-order valence-corrected chi connectivity index (χ3v) is 4.66. The van der Waals surface area contributed by atoms with Crippen LogP contribution in [0.4, 0.5) is 4.39 Å². The van der Waals surface area contributed by atoms with E-state index in [-0.39, 0.29) is 48.5 Å². The molecule has 1 amide bonds. The van der Waals surface area contributed by atoms with Gasteiger partial charge < -0.3 is 10.6 Å². The normalized spacial score (nSPS) is 17.5. The smallest absolute Gasteiger partial charge is 0.227 e. The number of rotatable bonds is 4. The highest BCUT2D eigenvalue weighted by molar-refractivity contribution is 6.31. The van der Waals surface area contributed by atoms with Crippen LogP contribution in [0, 0.1) is 11.7 Å². The first-order valence-electron chi connectivity index (χ1n) is 7.59. The van der Waals surface area contributed by atoms with Crippen LogP contribution in [0.25, 0.3) is 0 Å². The summed E-state index contributed by atoms with van der Waals surface area (Å²) < 4.78 is 13.8. The molecule has 0 bridgehead atoms. The van der Waals surface area contributed by atoms with Crippen molar-refractivity contribution in [3.63, 3.8) is 0 Å². The minimum absolute atomic E-state index is 0.